The van der Waals surface area contributed by atoms with Crippen LogP contribution in [-0.4, -0.2) is 17.8 Å². The van der Waals surface area contributed by atoms with Crippen molar-refractivity contribution in [2.24, 2.45) is 0 Å². The van der Waals surface area contributed by atoms with Gasteiger partial charge >= 0.3 is 6.03 Å². The predicted octanol–water partition coefficient (Wildman–Crippen LogP) is 2.48. The molecular weight excluding hydrogens is 302 g/mol. The quantitative estimate of drug-likeness (QED) is 0.825. The molecule has 0 radical (unpaired) electrons. The number of halogens is 3. The molecule has 0 spiro atoms. The van der Waals surface area contributed by atoms with Crippen molar-refractivity contribution >= 4 is 45.2 Å². The minimum atomic E-state index is -0.718. The van der Waals surface area contributed by atoms with Crippen LogP contribution in [0.4, 0.5) is 14.9 Å². The first-order valence-corrected chi connectivity index (χ1v) is 5.47. The molecule has 1 aromatic carbocycles. The van der Waals surface area contributed by atoms with Gasteiger partial charge in [-0.15, -0.1) is 11.6 Å². The summed E-state index contributed by atoms with van der Waals surface area (Å²) in [5.74, 6) is -1.36. The van der Waals surface area contributed by atoms with Crippen LogP contribution < -0.4 is 10.6 Å². The molecule has 0 aliphatic rings. The average molecular weight is 310 g/mol. The number of hydrogen-bond acceptors (Lipinski definition) is 2. The lowest BCUT2D eigenvalue weighted by Gasteiger charge is -2.06. The van der Waals surface area contributed by atoms with E-state index in [1.54, 1.807) is 0 Å². The maximum Gasteiger partial charge on any atom is 0.325 e. The summed E-state index contributed by atoms with van der Waals surface area (Å²) in [6.45, 7) is 0. The van der Waals surface area contributed by atoms with Crippen LogP contribution in [0.1, 0.15) is 0 Å². The van der Waals surface area contributed by atoms with Crippen LogP contribution in [-0.2, 0) is 4.79 Å². The van der Waals surface area contributed by atoms with Gasteiger partial charge in [0, 0.05) is 5.69 Å². The van der Waals surface area contributed by atoms with Gasteiger partial charge in [-0.1, -0.05) is 0 Å². The molecule has 0 heterocycles. The number of benzene rings is 1. The number of hydrogen-bond donors (Lipinski definition) is 2. The molecule has 7 heteroatoms. The second-order valence-corrected chi connectivity index (χ2v) is 3.89. The fourth-order valence-electron chi connectivity index (χ4n) is 0.896. The molecule has 4 nitrogen and oxygen atoms in total. The molecular formula is C9H7BrClFN2O2. The highest BCUT2D eigenvalue weighted by molar-refractivity contribution is 9.10. The smallest absolute Gasteiger partial charge is 0.308 e. The number of carbonyl (C=O) groups is 2. The topological polar surface area (TPSA) is 58.2 Å². The third-order valence-electron chi connectivity index (χ3n) is 1.55. The second kappa shape index (κ2) is 5.81. The van der Waals surface area contributed by atoms with Gasteiger partial charge in [0.05, 0.1) is 4.47 Å². The zero-order valence-corrected chi connectivity index (χ0v) is 10.2. The summed E-state index contributed by atoms with van der Waals surface area (Å²) in [5.41, 5.74) is 0.355. The lowest BCUT2D eigenvalue weighted by atomic mass is 10.3. The molecule has 0 aliphatic carbocycles. The fourth-order valence-corrected chi connectivity index (χ4v) is 1.34. The number of alkyl halides is 1. The molecule has 0 atom stereocenters. The zero-order valence-electron chi connectivity index (χ0n) is 7.89. The Labute approximate surface area is 104 Å². The van der Waals surface area contributed by atoms with E-state index in [9.17, 15) is 14.0 Å². The third-order valence-corrected chi connectivity index (χ3v) is 2.40. The molecule has 0 saturated heterocycles. The summed E-state index contributed by atoms with van der Waals surface area (Å²) < 4.78 is 13.1. The molecule has 1 rings (SSSR count). The normalized spacial score (nSPS) is 9.69. The molecule has 0 aliphatic heterocycles. The van der Waals surface area contributed by atoms with Crippen LogP contribution in [0, 0.1) is 5.82 Å². The maximum atomic E-state index is 12.9. The number of amides is 3. The SMILES string of the molecule is O=C(CCl)NC(=O)Nc1ccc(F)c(Br)c1. The summed E-state index contributed by atoms with van der Waals surface area (Å²) >= 11 is 8.16. The Morgan fingerprint density at radius 1 is 1.44 bits per heavy atom. The number of carbonyl (C=O) groups excluding carboxylic acids is 2. The van der Waals surface area contributed by atoms with Gasteiger partial charge in [-0.25, -0.2) is 9.18 Å². The van der Waals surface area contributed by atoms with E-state index in [-0.39, 0.29) is 10.4 Å². The van der Waals surface area contributed by atoms with E-state index in [1.165, 1.54) is 18.2 Å². The van der Waals surface area contributed by atoms with Gasteiger partial charge in [-0.3, -0.25) is 10.1 Å². The molecule has 16 heavy (non-hydrogen) atoms. The Bertz CT molecular complexity index is 428. The third kappa shape index (κ3) is 3.79. The molecule has 3 amide bonds. The van der Waals surface area contributed by atoms with E-state index in [0.29, 0.717) is 5.69 Å². The van der Waals surface area contributed by atoms with Crippen LogP contribution in [0.15, 0.2) is 22.7 Å². The lowest BCUT2D eigenvalue weighted by molar-refractivity contribution is -0.117. The molecule has 0 fully saturated rings. The Morgan fingerprint density at radius 2 is 2.12 bits per heavy atom. The van der Waals surface area contributed by atoms with E-state index in [0.717, 1.165) is 0 Å². The molecule has 86 valence electrons. The Morgan fingerprint density at radius 3 is 2.69 bits per heavy atom. The first-order chi connectivity index (χ1) is 7.52. The second-order valence-electron chi connectivity index (χ2n) is 2.76. The fraction of sp³-hybridized carbons (Fsp3) is 0.111. The molecule has 0 unspecified atom stereocenters. The van der Waals surface area contributed by atoms with E-state index < -0.39 is 17.8 Å². The summed E-state index contributed by atoms with van der Waals surface area (Å²) in [7, 11) is 0. The van der Waals surface area contributed by atoms with Gasteiger partial charge in [0.15, 0.2) is 0 Å². The largest absolute Gasteiger partial charge is 0.325 e. The van der Waals surface area contributed by atoms with Crippen LogP contribution in [0.3, 0.4) is 0 Å². The highest BCUT2D eigenvalue weighted by atomic mass is 79.9. The van der Waals surface area contributed by atoms with Gasteiger partial charge in [0.1, 0.15) is 11.7 Å². The van der Waals surface area contributed by atoms with E-state index in [2.05, 4.69) is 21.2 Å². The van der Waals surface area contributed by atoms with Crippen molar-refractivity contribution in [3.05, 3.63) is 28.5 Å². The van der Waals surface area contributed by atoms with Crippen molar-refractivity contribution < 1.29 is 14.0 Å². The van der Waals surface area contributed by atoms with Crippen molar-refractivity contribution in [1.29, 1.82) is 0 Å². The molecule has 0 saturated carbocycles. The predicted molar refractivity (Wildman–Crippen MR) is 62.0 cm³/mol. The summed E-state index contributed by atoms with van der Waals surface area (Å²) in [6.07, 6.45) is 0. The molecule has 0 bridgehead atoms. The van der Waals surface area contributed by atoms with Gasteiger partial charge in [-0.05, 0) is 34.1 Å². The number of anilines is 1. The van der Waals surface area contributed by atoms with Crippen LogP contribution in [0.5, 0.6) is 0 Å². The van der Waals surface area contributed by atoms with Crippen LogP contribution >= 0.6 is 27.5 Å². The Kier molecular flexibility index (Phi) is 4.70. The zero-order chi connectivity index (χ0) is 12.1. The number of rotatable bonds is 2. The van der Waals surface area contributed by atoms with Gasteiger partial charge in [0.25, 0.3) is 0 Å². The van der Waals surface area contributed by atoms with E-state index in [1.807, 2.05) is 5.32 Å². The highest BCUT2D eigenvalue weighted by Gasteiger charge is 2.07. The summed E-state index contributed by atoms with van der Waals surface area (Å²) in [5, 5.41) is 4.33. The summed E-state index contributed by atoms with van der Waals surface area (Å²) in [4.78, 5) is 21.9. The standard InChI is InChI=1S/C9H7BrClFN2O2/c10-6-3-5(1-2-7(6)12)13-9(16)14-8(15)4-11/h1-3H,4H2,(H2,13,14,15,16). The summed E-state index contributed by atoms with van der Waals surface area (Å²) in [6, 6.07) is 3.21. The van der Waals surface area contributed by atoms with Gasteiger partial charge in [-0.2, -0.15) is 0 Å². The van der Waals surface area contributed by atoms with Crippen molar-refractivity contribution in [2.75, 3.05) is 11.2 Å². The monoisotopic (exact) mass is 308 g/mol. The van der Waals surface area contributed by atoms with Crippen LogP contribution in [0.2, 0.25) is 0 Å². The number of nitrogens with one attached hydrogen (secondary N) is 2. The lowest BCUT2D eigenvalue weighted by Crippen LogP contribution is -2.35. The highest BCUT2D eigenvalue weighted by Crippen LogP contribution is 2.19. The molecule has 0 aromatic heterocycles. The van der Waals surface area contributed by atoms with E-state index in [4.69, 9.17) is 11.6 Å². The minimum Gasteiger partial charge on any atom is -0.308 e. The van der Waals surface area contributed by atoms with Gasteiger partial charge < -0.3 is 5.32 Å². The van der Waals surface area contributed by atoms with Crippen molar-refractivity contribution in [1.82, 2.24) is 5.32 Å². The number of urea groups is 1. The first-order valence-electron chi connectivity index (χ1n) is 4.15. The van der Waals surface area contributed by atoms with Crippen molar-refractivity contribution in [2.45, 2.75) is 0 Å². The maximum absolute atomic E-state index is 12.9. The molecule has 2 N–H and O–H groups in total. The average Bonchev–Trinajstić information content (AvgIpc) is 2.23. The Hall–Kier alpha value is -1.14. The minimum absolute atomic E-state index is 0.217. The van der Waals surface area contributed by atoms with Crippen molar-refractivity contribution in [3.63, 3.8) is 0 Å². The molecule has 1 aromatic rings. The Balaban J connectivity index is 2.63. The van der Waals surface area contributed by atoms with Crippen LogP contribution in [0.25, 0.3) is 0 Å². The van der Waals surface area contributed by atoms with Gasteiger partial charge in [0.2, 0.25) is 5.91 Å². The first kappa shape index (κ1) is 12.9. The van der Waals surface area contributed by atoms with E-state index >= 15 is 0 Å². The number of imide groups is 1. The van der Waals surface area contributed by atoms with Crippen molar-refractivity contribution in [3.8, 4) is 0 Å².